The van der Waals surface area contributed by atoms with Crippen molar-refractivity contribution in [1.82, 2.24) is 24.8 Å². The third-order valence-electron chi connectivity index (χ3n) is 7.63. The van der Waals surface area contributed by atoms with Gasteiger partial charge < -0.3 is 19.9 Å². The van der Waals surface area contributed by atoms with Gasteiger partial charge >= 0.3 is 0 Å². The van der Waals surface area contributed by atoms with Gasteiger partial charge in [-0.3, -0.25) is 24.4 Å². The first-order valence-corrected chi connectivity index (χ1v) is 16.3. The number of ether oxygens (including phenoxy) is 1. The number of anilines is 1. The summed E-state index contributed by atoms with van der Waals surface area (Å²) in [7, 11) is 0. The molecule has 10 nitrogen and oxygen atoms in total. The van der Waals surface area contributed by atoms with E-state index in [0.717, 1.165) is 5.69 Å². The van der Waals surface area contributed by atoms with Crippen molar-refractivity contribution in [2.45, 2.75) is 27.0 Å². The van der Waals surface area contributed by atoms with Gasteiger partial charge in [-0.25, -0.2) is 4.98 Å². The zero-order valence-electron chi connectivity index (χ0n) is 27.0. The fourth-order valence-electron chi connectivity index (χ4n) is 5.31. The Hall–Kier alpha value is -5.84. The molecule has 4 aromatic heterocycles. The van der Waals surface area contributed by atoms with Crippen molar-refractivity contribution < 1.29 is 19.1 Å². The van der Waals surface area contributed by atoms with Gasteiger partial charge in [0.1, 0.15) is 18.2 Å². The zero-order chi connectivity index (χ0) is 35.2. The molecule has 2 N–H and O–H groups in total. The van der Waals surface area contributed by atoms with Gasteiger partial charge in [0.05, 0.1) is 39.1 Å². The lowest BCUT2D eigenvalue weighted by Crippen LogP contribution is -2.22. The third kappa shape index (κ3) is 7.72. The second-order valence-electron chi connectivity index (χ2n) is 11.2. The molecule has 12 heteroatoms. The number of aryl methyl sites for hydroxylation is 1. The first-order valence-electron chi connectivity index (χ1n) is 15.5. The van der Waals surface area contributed by atoms with Crippen molar-refractivity contribution in [3.63, 3.8) is 0 Å². The molecule has 0 saturated heterocycles. The lowest BCUT2D eigenvalue weighted by Gasteiger charge is -2.16. The number of hydrogen-bond acceptors (Lipinski definition) is 7. The molecular weight excluding hydrogens is 675 g/mol. The molecule has 0 aliphatic heterocycles. The normalized spacial score (nSPS) is 11.1. The number of benzene rings is 2. The van der Waals surface area contributed by atoms with E-state index in [4.69, 9.17) is 32.9 Å². The van der Waals surface area contributed by atoms with Crippen LogP contribution < -0.4 is 15.4 Å². The number of para-hydroxylation sites is 1. The summed E-state index contributed by atoms with van der Waals surface area (Å²) in [6, 6.07) is 23.1. The molecule has 0 saturated carbocycles. The monoisotopic (exact) mass is 704 g/mol. The largest absolute Gasteiger partial charge is 0.487 e. The van der Waals surface area contributed by atoms with Crippen LogP contribution in [-0.2, 0) is 22.7 Å². The molecule has 0 radical (unpaired) electrons. The topological polar surface area (TPSA) is 128 Å². The van der Waals surface area contributed by atoms with Crippen LogP contribution in [0.4, 0.5) is 5.82 Å². The maximum Gasteiger partial charge on any atom is 0.244 e. The summed E-state index contributed by atoms with van der Waals surface area (Å²) in [6.07, 6.45) is 8.05. The number of aromatic nitrogens is 4. The summed E-state index contributed by atoms with van der Waals surface area (Å²) in [5, 5.41) is 6.46. The average Bonchev–Trinajstić information content (AvgIpc) is 3.57. The fourth-order valence-corrected chi connectivity index (χ4v) is 5.94. The third-order valence-corrected chi connectivity index (χ3v) is 8.33. The number of rotatable bonds is 11. The minimum Gasteiger partial charge on any atom is -0.487 e. The first kappa shape index (κ1) is 34.0. The number of fused-ring (bicyclic) bond motifs is 1. The number of carbonyl (C=O) groups excluding carboxylic acids is 3. The molecular formula is C38H30Cl2N6O4. The molecule has 0 aliphatic rings. The SMILES string of the molecule is CC(=O)Nc1ccc(C=CC(=O)NCc2cccn2-c2ccc(Cl)c(C(=O)c3cccc4c(OCc5ccccn5)cc(C)nc34)c2Cl)cn1. The van der Waals surface area contributed by atoms with Crippen LogP contribution in [0.5, 0.6) is 5.75 Å². The van der Waals surface area contributed by atoms with Crippen molar-refractivity contribution in [2.24, 2.45) is 0 Å². The Kier molecular flexibility index (Phi) is 10.3. The summed E-state index contributed by atoms with van der Waals surface area (Å²) >= 11 is 13.6. The van der Waals surface area contributed by atoms with E-state index in [-0.39, 0.29) is 40.6 Å². The molecule has 0 fully saturated rings. The summed E-state index contributed by atoms with van der Waals surface area (Å²) < 4.78 is 7.92. The summed E-state index contributed by atoms with van der Waals surface area (Å²) in [5.74, 6) is 0.0501. The average molecular weight is 706 g/mol. The standard InChI is InChI=1S/C38H30Cl2N6O4/c1-23-19-32(50-22-26-7-3-4-17-41-26)28-9-5-10-29(37(28)44-23)38(49)35-30(39)13-14-31(36(35)40)46-18-6-8-27(46)21-43-34(48)16-12-25-11-15-33(42-20-25)45-24(2)47/h3-20H,21-22H2,1-2H3,(H,43,48)(H,42,45,47). The number of pyridine rings is 3. The number of halogens is 2. The van der Waals surface area contributed by atoms with Gasteiger partial charge in [-0.15, -0.1) is 0 Å². The minimum absolute atomic E-state index is 0.127. The predicted molar refractivity (Wildman–Crippen MR) is 194 cm³/mol. The molecule has 0 unspecified atom stereocenters. The van der Waals surface area contributed by atoms with Crippen LogP contribution in [0.1, 0.15) is 45.5 Å². The summed E-state index contributed by atoms with van der Waals surface area (Å²) in [4.78, 5) is 51.3. The molecule has 0 spiro atoms. The van der Waals surface area contributed by atoms with Gasteiger partial charge in [0, 0.05) is 60.0 Å². The summed E-state index contributed by atoms with van der Waals surface area (Å²) in [6.45, 7) is 3.66. The maximum absolute atomic E-state index is 14.2. The number of hydrogen-bond donors (Lipinski definition) is 2. The van der Waals surface area contributed by atoms with Crippen molar-refractivity contribution >= 4 is 63.6 Å². The Balaban J connectivity index is 1.23. The molecule has 2 aromatic carbocycles. The van der Waals surface area contributed by atoms with Crippen molar-refractivity contribution in [3.8, 4) is 11.4 Å². The zero-order valence-corrected chi connectivity index (χ0v) is 28.5. The molecule has 6 aromatic rings. The maximum atomic E-state index is 14.2. The van der Waals surface area contributed by atoms with Crippen molar-refractivity contribution in [3.05, 3.63) is 147 Å². The predicted octanol–water partition coefficient (Wildman–Crippen LogP) is 7.53. The second-order valence-corrected chi connectivity index (χ2v) is 12.0. The quantitative estimate of drug-likeness (QED) is 0.105. The highest BCUT2D eigenvalue weighted by Crippen LogP contribution is 2.36. The van der Waals surface area contributed by atoms with E-state index >= 15 is 0 Å². The summed E-state index contributed by atoms with van der Waals surface area (Å²) in [5.41, 5.74) is 4.26. The Labute approximate surface area is 297 Å². The molecule has 4 heterocycles. The number of amides is 2. The first-order chi connectivity index (χ1) is 24.2. The van der Waals surface area contributed by atoms with E-state index in [1.807, 2.05) is 49.4 Å². The lowest BCUT2D eigenvalue weighted by molar-refractivity contribution is -0.116. The lowest BCUT2D eigenvalue weighted by atomic mass is 9.99. The number of ketones is 1. The number of carbonyl (C=O) groups is 3. The van der Waals surface area contributed by atoms with Crippen LogP contribution in [0, 0.1) is 6.92 Å². The van der Waals surface area contributed by atoms with Crippen molar-refractivity contribution in [2.75, 3.05) is 5.32 Å². The Bertz CT molecular complexity index is 2250. The molecule has 0 bridgehead atoms. The molecule has 0 aliphatic carbocycles. The van der Waals surface area contributed by atoms with E-state index in [1.54, 1.807) is 65.6 Å². The van der Waals surface area contributed by atoms with E-state index in [2.05, 4.69) is 20.6 Å². The molecule has 50 heavy (non-hydrogen) atoms. The van der Waals surface area contributed by atoms with Crippen LogP contribution in [0.2, 0.25) is 10.0 Å². The van der Waals surface area contributed by atoms with E-state index in [1.165, 1.54) is 13.0 Å². The van der Waals surface area contributed by atoms with Gasteiger partial charge in [-0.05, 0) is 79.2 Å². The molecule has 250 valence electrons. The van der Waals surface area contributed by atoms with Crippen molar-refractivity contribution in [1.29, 1.82) is 0 Å². The Morgan fingerprint density at radius 1 is 0.960 bits per heavy atom. The number of nitrogens with zero attached hydrogens (tertiary/aromatic N) is 4. The molecule has 0 atom stereocenters. The van der Waals surface area contributed by atoms with Gasteiger partial charge in [0.25, 0.3) is 0 Å². The minimum atomic E-state index is -0.395. The highest BCUT2D eigenvalue weighted by atomic mass is 35.5. The van der Waals surface area contributed by atoms with Crippen LogP contribution in [0.15, 0.2) is 104 Å². The van der Waals surface area contributed by atoms with Crippen LogP contribution >= 0.6 is 23.2 Å². The molecule has 6 rings (SSSR count). The van der Waals surface area contributed by atoms with Crippen LogP contribution in [-0.4, -0.2) is 37.1 Å². The highest BCUT2D eigenvalue weighted by Gasteiger charge is 2.24. The van der Waals surface area contributed by atoms with E-state index in [9.17, 15) is 14.4 Å². The Morgan fingerprint density at radius 3 is 2.58 bits per heavy atom. The fraction of sp³-hybridized carbons (Fsp3) is 0.105. The van der Waals surface area contributed by atoms with Gasteiger partial charge in [-0.1, -0.05) is 35.3 Å². The number of nitrogens with one attached hydrogen (secondary N) is 2. The van der Waals surface area contributed by atoms with Gasteiger partial charge in [0.2, 0.25) is 11.8 Å². The van der Waals surface area contributed by atoms with E-state index in [0.29, 0.717) is 50.7 Å². The van der Waals surface area contributed by atoms with Crippen LogP contribution in [0.25, 0.3) is 22.7 Å². The van der Waals surface area contributed by atoms with E-state index < -0.39 is 5.78 Å². The molecule has 2 amide bonds. The Morgan fingerprint density at radius 2 is 1.82 bits per heavy atom. The van der Waals surface area contributed by atoms with Gasteiger partial charge in [-0.2, -0.15) is 0 Å². The van der Waals surface area contributed by atoms with Crippen LogP contribution in [0.3, 0.4) is 0 Å². The smallest absolute Gasteiger partial charge is 0.244 e. The van der Waals surface area contributed by atoms with Gasteiger partial charge in [0.15, 0.2) is 5.78 Å². The highest BCUT2D eigenvalue weighted by molar-refractivity contribution is 6.42. The second kappa shape index (κ2) is 15.1.